The average molecular weight is 262 g/mol. The molecule has 1 aliphatic heterocycles. The Labute approximate surface area is 115 Å². The molecule has 0 atom stereocenters. The summed E-state index contributed by atoms with van der Waals surface area (Å²) in [5.41, 5.74) is 2.70. The Bertz CT molecular complexity index is 426. The van der Waals surface area contributed by atoms with Gasteiger partial charge >= 0.3 is 6.09 Å². The van der Waals surface area contributed by atoms with Gasteiger partial charge in [-0.05, 0) is 25.0 Å². The van der Waals surface area contributed by atoms with Gasteiger partial charge < -0.3 is 9.64 Å². The summed E-state index contributed by atoms with van der Waals surface area (Å²) in [6, 6.07) is 8.46. The molecule has 0 aromatic heterocycles. The van der Waals surface area contributed by atoms with Crippen LogP contribution >= 0.6 is 0 Å². The third-order valence-electron chi connectivity index (χ3n) is 3.55. The summed E-state index contributed by atoms with van der Waals surface area (Å²) in [7, 11) is 0. The molecule has 4 heteroatoms. The molecule has 1 heterocycles. The van der Waals surface area contributed by atoms with Gasteiger partial charge in [0.1, 0.15) is 0 Å². The van der Waals surface area contributed by atoms with Crippen molar-refractivity contribution in [1.82, 2.24) is 9.80 Å². The van der Waals surface area contributed by atoms with Crippen LogP contribution in [0.4, 0.5) is 4.79 Å². The van der Waals surface area contributed by atoms with E-state index in [9.17, 15) is 4.79 Å². The lowest BCUT2D eigenvalue weighted by molar-refractivity contribution is 0.0778. The van der Waals surface area contributed by atoms with Gasteiger partial charge in [0.25, 0.3) is 0 Å². The van der Waals surface area contributed by atoms with Crippen LogP contribution in [-0.2, 0) is 11.3 Å². The number of benzene rings is 1. The summed E-state index contributed by atoms with van der Waals surface area (Å²) < 4.78 is 5.02. The molecule has 0 saturated carbocycles. The molecule has 1 aromatic carbocycles. The SMILES string of the molecule is CCOC(=O)N1CCN(Cc2ccccc2C)CC1. The zero-order chi connectivity index (χ0) is 13.7. The summed E-state index contributed by atoms with van der Waals surface area (Å²) in [6.07, 6.45) is -0.182. The summed E-state index contributed by atoms with van der Waals surface area (Å²) in [6.45, 7) is 8.72. The fourth-order valence-electron chi connectivity index (χ4n) is 2.33. The molecule has 0 aliphatic carbocycles. The van der Waals surface area contributed by atoms with Crippen molar-refractivity contribution in [3.8, 4) is 0 Å². The Morgan fingerprint density at radius 2 is 1.89 bits per heavy atom. The molecule has 2 rings (SSSR count). The quantitative estimate of drug-likeness (QED) is 0.837. The van der Waals surface area contributed by atoms with E-state index >= 15 is 0 Å². The molecule has 19 heavy (non-hydrogen) atoms. The lowest BCUT2D eigenvalue weighted by atomic mass is 10.1. The predicted octanol–water partition coefficient (Wildman–Crippen LogP) is 2.27. The molecule has 0 bridgehead atoms. The summed E-state index contributed by atoms with van der Waals surface area (Å²) in [5, 5.41) is 0. The Balaban J connectivity index is 1.84. The van der Waals surface area contributed by atoms with Gasteiger partial charge in [0.05, 0.1) is 6.61 Å². The average Bonchev–Trinajstić information content (AvgIpc) is 2.42. The largest absolute Gasteiger partial charge is 0.450 e. The maximum atomic E-state index is 11.6. The minimum Gasteiger partial charge on any atom is -0.450 e. The van der Waals surface area contributed by atoms with Gasteiger partial charge in [-0.2, -0.15) is 0 Å². The van der Waals surface area contributed by atoms with Crippen molar-refractivity contribution in [3.63, 3.8) is 0 Å². The predicted molar refractivity (Wildman–Crippen MR) is 75.1 cm³/mol. The maximum absolute atomic E-state index is 11.6. The van der Waals surface area contributed by atoms with Crippen LogP contribution in [-0.4, -0.2) is 48.7 Å². The van der Waals surface area contributed by atoms with Crippen LogP contribution in [0.2, 0.25) is 0 Å². The van der Waals surface area contributed by atoms with Gasteiger partial charge in [-0.3, -0.25) is 4.90 Å². The minimum absolute atomic E-state index is 0.182. The zero-order valence-electron chi connectivity index (χ0n) is 11.8. The van der Waals surface area contributed by atoms with E-state index < -0.39 is 0 Å². The molecular weight excluding hydrogens is 240 g/mol. The van der Waals surface area contributed by atoms with Gasteiger partial charge in [-0.15, -0.1) is 0 Å². The van der Waals surface area contributed by atoms with Crippen molar-refractivity contribution in [3.05, 3.63) is 35.4 Å². The molecular formula is C15H22N2O2. The first kappa shape index (κ1) is 13.9. The van der Waals surface area contributed by atoms with Crippen LogP contribution in [0, 0.1) is 6.92 Å². The molecule has 1 amide bonds. The Morgan fingerprint density at radius 3 is 2.53 bits per heavy atom. The minimum atomic E-state index is -0.182. The van der Waals surface area contributed by atoms with Crippen molar-refractivity contribution < 1.29 is 9.53 Å². The number of piperazine rings is 1. The van der Waals surface area contributed by atoms with E-state index in [1.165, 1.54) is 11.1 Å². The molecule has 0 spiro atoms. The number of aryl methyl sites for hydroxylation is 1. The van der Waals surface area contributed by atoms with E-state index in [-0.39, 0.29) is 6.09 Å². The second-order valence-electron chi connectivity index (χ2n) is 4.89. The van der Waals surface area contributed by atoms with E-state index in [0.29, 0.717) is 6.61 Å². The van der Waals surface area contributed by atoms with E-state index in [1.54, 1.807) is 4.90 Å². The van der Waals surface area contributed by atoms with Gasteiger partial charge in [0.15, 0.2) is 0 Å². The number of ether oxygens (including phenoxy) is 1. The normalized spacial score (nSPS) is 16.4. The van der Waals surface area contributed by atoms with E-state index in [4.69, 9.17) is 4.74 Å². The molecule has 0 N–H and O–H groups in total. The lowest BCUT2D eigenvalue weighted by Crippen LogP contribution is -2.48. The molecule has 4 nitrogen and oxygen atoms in total. The maximum Gasteiger partial charge on any atom is 0.409 e. The molecule has 1 aliphatic rings. The monoisotopic (exact) mass is 262 g/mol. The fraction of sp³-hybridized carbons (Fsp3) is 0.533. The van der Waals surface area contributed by atoms with E-state index in [2.05, 4.69) is 36.1 Å². The fourth-order valence-corrected chi connectivity index (χ4v) is 2.33. The first-order valence-electron chi connectivity index (χ1n) is 6.89. The molecule has 104 valence electrons. The van der Waals surface area contributed by atoms with Gasteiger partial charge in [-0.1, -0.05) is 24.3 Å². The molecule has 0 unspecified atom stereocenters. The number of hydrogen-bond donors (Lipinski definition) is 0. The highest BCUT2D eigenvalue weighted by molar-refractivity contribution is 5.67. The standard InChI is InChI=1S/C15H22N2O2/c1-3-19-15(18)17-10-8-16(9-11-17)12-14-7-5-4-6-13(14)2/h4-7H,3,8-12H2,1-2H3. The first-order chi connectivity index (χ1) is 9.20. The number of carbonyl (C=O) groups excluding carboxylic acids is 1. The highest BCUT2D eigenvalue weighted by atomic mass is 16.6. The Morgan fingerprint density at radius 1 is 1.21 bits per heavy atom. The molecule has 1 aromatic rings. The van der Waals surface area contributed by atoms with E-state index in [0.717, 1.165) is 32.7 Å². The van der Waals surface area contributed by atoms with Crippen molar-refractivity contribution in [2.24, 2.45) is 0 Å². The van der Waals surface area contributed by atoms with Crippen LogP contribution < -0.4 is 0 Å². The lowest BCUT2D eigenvalue weighted by Gasteiger charge is -2.34. The van der Waals surface area contributed by atoms with Crippen LogP contribution in [0.3, 0.4) is 0 Å². The van der Waals surface area contributed by atoms with Crippen LogP contribution in [0.1, 0.15) is 18.1 Å². The van der Waals surface area contributed by atoms with Crippen LogP contribution in [0.15, 0.2) is 24.3 Å². The summed E-state index contributed by atoms with van der Waals surface area (Å²) in [5.74, 6) is 0. The second-order valence-corrected chi connectivity index (χ2v) is 4.89. The molecule has 1 fully saturated rings. The van der Waals surface area contributed by atoms with Gasteiger partial charge in [0, 0.05) is 32.7 Å². The topological polar surface area (TPSA) is 32.8 Å². The van der Waals surface area contributed by atoms with Crippen molar-refractivity contribution >= 4 is 6.09 Å². The van der Waals surface area contributed by atoms with Gasteiger partial charge in [0.2, 0.25) is 0 Å². The number of amides is 1. The summed E-state index contributed by atoms with van der Waals surface area (Å²) >= 11 is 0. The first-order valence-corrected chi connectivity index (χ1v) is 6.89. The number of carbonyl (C=O) groups is 1. The number of hydrogen-bond acceptors (Lipinski definition) is 3. The Hall–Kier alpha value is -1.55. The zero-order valence-corrected chi connectivity index (χ0v) is 11.8. The summed E-state index contributed by atoms with van der Waals surface area (Å²) in [4.78, 5) is 15.8. The van der Waals surface area contributed by atoms with Crippen molar-refractivity contribution in [2.75, 3.05) is 32.8 Å². The smallest absolute Gasteiger partial charge is 0.409 e. The Kier molecular flexibility index (Phi) is 4.80. The second kappa shape index (κ2) is 6.57. The number of nitrogens with zero attached hydrogens (tertiary/aromatic N) is 2. The highest BCUT2D eigenvalue weighted by Crippen LogP contribution is 2.12. The third kappa shape index (κ3) is 3.70. The molecule has 0 radical (unpaired) electrons. The van der Waals surface area contributed by atoms with Gasteiger partial charge in [-0.25, -0.2) is 4.79 Å². The molecule has 1 saturated heterocycles. The van der Waals surface area contributed by atoms with E-state index in [1.807, 2.05) is 6.92 Å². The van der Waals surface area contributed by atoms with Crippen LogP contribution in [0.25, 0.3) is 0 Å². The van der Waals surface area contributed by atoms with Crippen molar-refractivity contribution in [2.45, 2.75) is 20.4 Å². The van der Waals surface area contributed by atoms with Crippen LogP contribution in [0.5, 0.6) is 0 Å². The highest BCUT2D eigenvalue weighted by Gasteiger charge is 2.21. The third-order valence-corrected chi connectivity index (χ3v) is 3.55. The van der Waals surface area contributed by atoms with Crippen molar-refractivity contribution in [1.29, 1.82) is 0 Å². The number of rotatable bonds is 3.